The van der Waals surface area contributed by atoms with Crippen LogP contribution in [-0.4, -0.2) is 23.4 Å². The van der Waals surface area contributed by atoms with Crippen molar-refractivity contribution in [1.82, 2.24) is 0 Å². The van der Waals surface area contributed by atoms with Gasteiger partial charge in [0.05, 0.1) is 11.7 Å². The van der Waals surface area contributed by atoms with E-state index in [4.69, 9.17) is 4.74 Å². The van der Waals surface area contributed by atoms with Crippen molar-refractivity contribution in [3.05, 3.63) is 12.7 Å². The molecule has 1 N–H and O–H groups in total. The second-order valence-electron chi connectivity index (χ2n) is 3.94. The van der Waals surface area contributed by atoms with E-state index in [1.807, 2.05) is 13.0 Å². The summed E-state index contributed by atoms with van der Waals surface area (Å²) in [7, 11) is 0. The summed E-state index contributed by atoms with van der Waals surface area (Å²) in [6.45, 7) is 10.5. The minimum Gasteiger partial charge on any atom is -0.390 e. The summed E-state index contributed by atoms with van der Waals surface area (Å²) < 4.78 is 5.74. The molecule has 0 heterocycles. The number of aliphatic hydroxyl groups excluding tert-OH is 1. The lowest BCUT2D eigenvalue weighted by atomic mass is 9.87. The van der Waals surface area contributed by atoms with Gasteiger partial charge < -0.3 is 9.84 Å². The first-order chi connectivity index (χ1) is 7.16. The normalized spacial score (nSPS) is 13.9. The number of rotatable bonds is 9. The Bertz CT molecular complexity index is 162. The summed E-state index contributed by atoms with van der Waals surface area (Å²) >= 11 is 0. The number of allylic oxidation sites excluding steroid dienone is 1. The van der Waals surface area contributed by atoms with Gasteiger partial charge in [-0.25, -0.2) is 0 Å². The van der Waals surface area contributed by atoms with Crippen LogP contribution in [0.4, 0.5) is 0 Å². The zero-order valence-corrected chi connectivity index (χ0v) is 10.5. The molecule has 0 aliphatic heterocycles. The molecule has 90 valence electrons. The molecule has 0 saturated heterocycles. The molecule has 1 atom stereocenters. The molecular formula is C13H26O2. The molecule has 0 aromatic carbocycles. The number of unbranched alkanes of at least 4 members (excludes halogenated alkanes) is 1. The SMILES string of the molecule is C=CCCCC(O)C(CC)(CC)OCC. The molecule has 0 fully saturated rings. The minimum absolute atomic E-state index is 0.337. The Morgan fingerprint density at radius 2 is 1.93 bits per heavy atom. The van der Waals surface area contributed by atoms with Crippen LogP contribution in [-0.2, 0) is 4.74 Å². The monoisotopic (exact) mass is 214 g/mol. The molecule has 0 rings (SSSR count). The van der Waals surface area contributed by atoms with Gasteiger partial charge in [-0.2, -0.15) is 0 Å². The molecule has 0 aliphatic carbocycles. The first-order valence-corrected chi connectivity index (χ1v) is 6.09. The standard InChI is InChI=1S/C13H26O2/c1-5-9-10-11-12(14)13(6-2,7-3)15-8-4/h5,12,14H,1,6-11H2,2-4H3. The summed E-state index contributed by atoms with van der Waals surface area (Å²) in [4.78, 5) is 0. The van der Waals surface area contributed by atoms with Gasteiger partial charge in [0.25, 0.3) is 0 Å². The van der Waals surface area contributed by atoms with E-state index < -0.39 is 0 Å². The van der Waals surface area contributed by atoms with Crippen LogP contribution in [0, 0.1) is 0 Å². The fraction of sp³-hybridized carbons (Fsp3) is 0.846. The highest BCUT2D eigenvalue weighted by Crippen LogP contribution is 2.27. The topological polar surface area (TPSA) is 29.5 Å². The summed E-state index contributed by atoms with van der Waals surface area (Å²) in [5.74, 6) is 0. The fourth-order valence-electron chi connectivity index (χ4n) is 2.03. The molecule has 0 aliphatic rings. The Hall–Kier alpha value is -0.340. The third-order valence-electron chi connectivity index (χ3n) is 3.12. The molecule has 0 amide bonds. The van der Waals surface area contributed by atoms with E-state index in [-0.39, 0.29) is 11.7 Å². The second-order valence-corrected chi connectivity index (χ2v) is 3.94. The third kappa shape index (κ3) is 4.35. The van der Waals surface area contributed by atoms with E-state index in [1.54, 1.807) is 0 Å². The molecule has 2 heteroatoms. The van der Waals surface area contributed by atoms with Gasteiger partial charge in [0.2, 0.25) is 0 Å². The van der Waals surface area contributed by atoms with Gasteiger partial charge in [0, 0.05) is 6.61 Å². The van der Waals surface area contributed by atoms with Crippen LogP contribution in [0.2, 0.25) is 0 Å². The highest BCUT2D eigenvalue weighted by Gasteiger charge is 2.34. The zero-order chi connectivity index (χ0) is 11.7. The molecule has 0 aromatic rings. The van der Waals surface area contributed by atoms with Gasteiger partial charge in [-0.3, -0.25) is 0 Å². The van der Waals surface area contributed by atoms with Crippen LogP contribution in [0.15, 0.2) is 12.7 Å². The van der Waals surface area contributed by atoms with Crippen molar-refractivity contribution in [2.45, 2.75) is 64.6 Å². The molecule has 0 saturated carbocycles. The Labute approximate surface area is 94.3 Å². The Morgan fingerprint density at radius 1 is 1.33 bits per heavy atom. The Balaban J connectivity index is 4.25. The van der Waals surface area contributed by atoms with Crippen LogP contribution in [0.25, 0.3) is 0 Å². The predicted octanol–water partition coefficient (Wildman–Crippen LogP) is 3.30. The summed E-state index contributed by atoms with van der Waals surface area (Å²) in [6.07, 6.45) is 6.03. The van der Waals surface area contributed by atoms with Crippen molar-refractivity contribution in [3.8, 4) is 0 Å². The largest absolute Gasteiger partial charge is 0.390 e. The Morgan fingerprint density at radius 3 is 2.33 bits per heavy atom. The van der Waals surface area contributed by atoms with Gasteiger partial charge >= 0.3 is 0 Å². The van der Waals surface area contributed by atoms with E-state index in [0.717, 1.165) is 32.1 Å². The van der Waals surface area contributed by atoms with E-state index in [2.05, 4.69) is 20.4 Å². The molecule has 1 unspecified atom stereocenters. The molecule has 0 bridgehead atoms. The lowest BCUT2D eigenvalue weighted by molar-refractivity contribution is -0.127. The van der Waals surface area contributed by atoms with Crippen molar-refractivity contribution in [2.24, 2.45) is 0 Å². The maximum atomic E-state index is 10.2. The number of aliphatic hydroxyl groups is 1. The van der Waals surface area contributed by atoms with Gasteiger partial charge in [-0.05, 0) is 39.0 Å². The first-order valence-electron chi connectivity index (χ1n) is 6.09. The lowest BCUT2D eigenvalue weighted by Crippen LogP contribution is -2.44. The summed E-state index contributed by atoms with van der Waals surface area (Å²) in [6, 6.07) is 0. The summed E-state index contributed by atoms with van der Waals surface area (Å²) in [5, 5.41) is 10.2. The zero-order valence-electron chi connectivity index (χ0n) is 10.5. The van der Waals surface area contributed by atoms with E-state index in [1.165, 1.54) is 0 Å². The molecule has 0 spiro atoms. The van der Waals surface area contributed by atoms with Gasteiger partial charge in [-0.1, -0.05) is 19.9 Å². The maximum Gasteiger partial charge on any atom is 0.0934 e. The smallest absolute Gasteiger partial charge is 0.0934 e. The van der Waals surface area contributed by atoms with E-state index in [9.17, 15) is 5.11 Å². The van der Waals surface area contributed by atoms with E-state index >= 15 is 0 Å². The molecule has 0 aromatic heterocycles. The van der Waals surface area contributed by atoms with Crippen molar-refractivity contribution >= 4 is 0 Å². The van der Waals surface area contributed by atoms with Crippen LogP contribution >= 0.6 is 0 Å². The second kappa shape index (κ2) is 7.89. The van der Waals surface area contributed by atoms with Crippen LogP contribution in [0.5, 0.6) is 0 Å². The number of hydrogen-bond donors (Lipinski definition) is 1. The van der Waals surface area contributed by atoms with Gasteiger partial charge in [-0.15, -0.1) is 6.58 Å². The molecule has 15 heavy (non-hydrogen) atoms. The lowest BCUT2D eigenvalue weighted by Gasteiger charge is -2.36. The predicted molar refractivity (Wildman–Crippen MR) is 65.0 cm³/mol. The summed E-state index contributed by atoms with van der Waals surface area (Å²) in [5.41, 5.74) is -0.337. The van der Waals surface area contributed by atoms with E-state index in [0.29, 0.717) is 6.61 Å². The molecular weight excluding hydrogens is 188 g/mol. The van der Waals surface area contributed by atoms with Crippen molar-refractivity contribution in [3.63, 3.8) is 0 Å². The number of hydrogen-bond acceptors (Lipinski definition) is 2. The first kappa shape index (κ1) is 14.7. The van der Waals surface area contributed by atoms with Crippen LogP contribution < -0.4 is 0 Å². The van der Waals surface area contributed by atoms with Crippen LogP contribution in [0.1, 0.15) is 52.9 Å². The molecule has 0 radical (unpaired) electrons. The highest BCUT2D eigenvalue weighted by atomic mass is 16.5. The quantitative estimate of drug-likeness (QED) is 0.471. The maximum absolute atomic E-state index is 10.2. The minimum atomic E-state index is -0.354. The molecule has 2 nitrogen and oxygen atoms in total. The average Bonchev–Trinajstić information content (AvgIpc) is 2.26. The van der Waals surface area contributed by atoms with Gasteiger partial charge in [0.15, 0.2) is 0 Å². The third-order valence-corrected chi connectivity index (χ3v) is 3.12. The number of ether oxygens (including phenoxy) is 1. The van der Waals surface area contributed by atoms with Gasteiger partial charge in [0.1, 0.15) is 0 Å². The van der Waals surface area contributed by atoms with Crippen molar-refractivity contribution in [2.75, 3.05) is 6.61 Å². The Kier molecular flexibility index (Phi) is 7.71. The van der Waals surface area contributed by atoms with Crippen molar-refractivity contribution in [1.29, 1.82) is 0 Å². The fourth-order valence-corrected chi connectivity index (χ4v) is 2.03. The average molecular weight is 214 g/mol. The van der Waals surface area contributed by atoms with Crippen LogP contribution in [0.3, 0.4) is 0 Å². The highest BCUT2D eigenvalue weighted by molar-refractivity contribution is 4.86. The van der Waals surface area contributed by atoms with Crippen molar-refractivity contribution < 1.29 is 9.84 Å².